The molecule has 0 amide bonds. The van der Waals surface area contributed by atoms with Crippen molar-refractivity contribution in [1.29, 1.82) is 0 Å². The van der Waals surface area contributed by atoms with Crippen molar-refractivity contribution in [2.45, 2.75) is 103 Å². The molecule has 0 fully saturated rings. The number of aliphatic carboxylic acids is 2. The second-order valence-electron chi connectivity index (χ2n) is 6.01. The molecule has 4 nitrogen and oxygen atoms in total. The molecule has 0 aliphatic carbocycles. The SMILES string of the molecule is CCCCCC(F)CCC(=O)[O-].CCCCCC(F)CCC(=O)[O-].[Ca+2]. The molecule has 0 rings (SSSR count). The van der Waals surface area contributed by atoms with E-state index in [1.807, 2.05) is 0 Å². The Hall–Kier alpha value is 0.0597. The maximum absolute atomic E-state index is 12.8. The van der Waals surface area contributed by atoms with Gasteiger partial charge in [0.25, 0.3) is 0 Å². The van der Waals surface area contributed by atoms with Crippen molar-refractivity contribution in [3.63, 3.8) is 0 Å². The van der Waals surface area contributed by atoms with Crippen molar-refractivity contribution in [1.82, 2.24) is 0 Å². The fourth-order valence-corrected chi connectivity index (χ4v) is 2.07. The Morgan fingerprint density at radius 1 is 0.720 bits per heavy atom. The molecule has 0 heterocycles. The smallest absolute Gasteiger partial charge is 0.550 e. The average molecular weight is 391 g/mol. The van der Waals surface area contributed by atoms with Gasteiger partial charge < -0.3 is 19.8 Å². The third kappa shape index (κ3) is 29.1. The van der Waals surface area contributed by atoms with Gasteiger partial charge in [-0.05, 0) is 38.5 Å². The van der Waals surface area contributed by atoms with Crippen molar-refractivity contribution in [3.8, 4) is 0 Å². The molecule has 25 heavy (non-hydrogen) atoms. The zero-order chi connectivity index (χ0) is 18.8. The number of hydrogen-bond acceptors (Lipinski definition) is 4. The van der Waals surface area contributed by atoms with E-state index in [9.17, 15) is 28.6 Å². The molecule has 0 aromatic heterocycles. The van der Waals surface area contributed by atoms with Crippen LogP contribution in [0.4, 0.5) is 8.78 Å². The fraction of sp³-hybridized carbons (Fsp3) is 0.889. The first-order valence-corrected chi connectivity index (χ1v) is 9.01. The molecule has 2 atom stereocenters. The van der Waals surface area contributed by atoms with Crippen molar-refractivity contribution in [2.24, 2.45) is 0 Å². The predicted octanol–water partition coefficient (Wildman–Crippen LogP) is 2.49. The van der Waals surface area contributed by atoms with Gasteiger partial charge in [-0.2, -0.15) is 0 Å². The van der Waals surface area contributed by atoms with Gasteiger partial charge in [0.15, 0.2) is 0 Å². The number of halogens is 2. The van der Waals surface area contributed by atoms with E-state index >= 15 is 0 Å². The number of carboxylic acids is 2. The number of carbonyl (C=O) groups excluding carboxylic acids is 2. The zero-order valence-electron chi connectivity index (χ0n) is 15.7. The van der Waals surface area contributed by atoms with Crippen LogP contribution in [0.2, 0.25) is 0 Å². The summed E-state index contributed by atoms with van der Waals surface area (Å²) >= 11 is 0. The van der Waals surface area contributed by atoms with E-state index < -0.39 is 24.3 Å². The quantitative estimate of drug-likeness (QED) is 0.337. The van der Waals surface area contributed by atoms with Crippen LogP contribution < -0.4 is 10.2 Å². The molecule has 0 saturated carbocycles. The second kappa shape index (κ2) is 22.1. The maximum Gasteiger partial charge on any atom is 2.00 e. The molecule has 2 unspecified atom stereocenters. The molecule has 0 saturated heterocycles. The Bertz CT molecular complexity index is 287. The van der Waals surface area contributed by atoms with E-state index in [0.717, 1.165) is 38.5 Å². The van der Waals surface area contributed by atoms with Crippen LogP contribution in [-0.4, -0.2) is 62.0 Å². The first-order valence-electron chi connectivity index (χ1n) is 9.01. The topological polar surface area (TPSA) is 80.3 Å². The molecule has 7 heteroatoms. The van der Waals surface area contributed by atoms with Crippen LogP contribution in [0, 0.1) is 0 Å². The van der Waals surface area contributed by atoms with E-state index in [1.165, 1.54) is 0 Å². The van der Waals surface area contributed by atoms with Gasteiger partial charge >= 0.3 is 37.7 Å². The number of unbranched alkanes of at least 4 members (excludes halogenated alkanes) is 4. The monoisotopic (exact) mass is 390 g/mol. The summed E-state index contributed by atoms with van der Waals surface area (Å²) in [5.41, 5.74) is 0. The van der Waals surface area contributed by atoms with Crippen molar-refractivity contribution in [2.75, 3.05) is 0 Å². The summed E-state index contributed by atoms with van der Waals surface area (Å²) in [6.07, 6.45) is 4.80. The van der Waals surface area contributed by atoms with Gasteiger partial charge in [0, 0.05) is 11.9 Å². The Morgan fingerprint density at radius 3 is 1.28 bits per heavy atom. The Kier molecular flexibility index (Phi) is 26.4. The summed E-state index contributed by atoms with van der Waals surface area (Å²) in [5, 5.41) is 19.9. The number of carbonyl (C=O) groups is 2. The van der Waals surface area contributed by atoms with E-state index in [2.05, 4.69) is 13.8 Å². The van der Waals surface area contributed by atoms with Crippen molar-refractivity contribution >= 4 is 49.7 Å². The fourth-order valence-electron chi connectivity index (χ4n) is 2.07. The minimum atomic E-state index is -1.16. The molecule has 0 aromatic carbocycles. The molecule has 0 aliphatic heterocycles. The van der Waals surface area contributed by atoms with Gasteiger partial charge in [0.2, 0.25) is 0 Å². The third-order valence-corrected chi connectivity index (χ3v) is 3.57. The molecule has 0 spiro atoms. The van der Waals surface area contributed by atoms with E-state index in [4.69, 9.17) is 0 Å². The Morgan fingerprint density at radius 2 is 1.04 bits per heavy atom. The molecule has 0 bridgehead atoms. The summed E-state index contributed by atoms with van der Waals surface area (Å²) in [6.45, 7) is 4.10. The van der Waals surface area contributed by atoms with Crippen molar-refractivity contribution < 1.29 is 28.6 Å². The maximum atomic E-state index is 12.8. The zero-order valence-corrected chi connectivity index (χ0v) is 17.9. The summed E-state index contributed by atoms with van der Waals surface area (Å²) in [7, 11) is 0. The predicted molar refractivity (Wildman–Crippen MR) is 92.3 cm³/mol. The normalized spacial score (nSPS) is 12.3. The standard InChI is InChI=1S/2C9H17FO2.Ca/c2*1-2-3-4-5-8(10)6-7-9(11)12;/h2*8H,2-7H2,1H3,(H,11,12);/q;;+2/p-2. The molecule has 0 N–H and O–H groups in total. The van der Waals surface area contributed by atoms with E-state index in [1.54, 1.807) is 0 Å². The van der Waals surface area contributed by atoms with Gasteiger partial charge in [0.05, 0.1) is 0 Å². The van der Waals surface area contributed by atoms with Crippen LogP contribution in [0.3, 0.4) is 0 Å². The van der Waals surface area contributed by atoms with Crippen molar-refractivity contribution in [3.05, 3.63) is 0 Å². The summed E-state index contributed by atoms with van der Waals surface area (Å²) in [5.74, 6) is -2.32. The molecule has 0 aliphatic rings. The Labute approximate surface area is 180 Å². The van der Waals surface area contributed by atoms with Gasteiger partial charge in [0.1, 0.15) is 12.3 Å². The Balaban J connectivity index is -0.000000372. The molecule has 0 radical (unpaired) electrons. The number of alkyl halides is 2. The van der Waals surface area contributed by atoms with Crippen LogP contribution >= 0.6 is 0 Å². The van der Waals surface area contributed by atoms with Gasteiger partial charge in [-0.15, -0.1) is 0 Å². The van der Waals surface area contributed by atoms with Crippen LogP contribution in [0.25, 0.3) is 0 Å². The van der Waals surface area contributed by atoms with Crippen LogP contribution in [0.1, 0.15) is 90.9 Å². The number of carboxylic acid groups (broad SMARTS) is 2. The molecule has 0 aromatic rings. The van der Waals surface area contributed by atoms with Crippen LogP contribution in [-0.2, 0) is 9.59 Å². The minimum absolute atomic E-state index is 0. The number of hydrogen-bond donors (Lipinski definition) is 0. The average Bonchev–Trinajstić information content (AvgIpc) is 2.52. The largest absolute Gasteiger partial charge is 2.00 e. The second-order valence-corrected chi connectivity index (χ2v) is 6.01. The molecular weight excluding hydrogens is 358 g/mol. The van der Waals surface area contributed by atoms with Gasteiger partial charge in [-0.1, -0.05) is 52.4 Å². The first kappa shape index (κ1) is 29.8. The van der Waals surface area contributed by atoms with E-state index in [-0.39, 0.29) is 63.4 Å². The van der Waals surface area contributed by atoms with Gasteiger partial charge in [-0.25, -0.2) is 8.78 Å². The molecular formula is C18H32CaF2O4. The minimum Gasteiger partial charge on any atom is -0.550 e. The van der Waals surface area contributed by atoms with Crippen LogP contribution in [0.5, 0.6) is 0 Å². The van der Waals surface area contributed by atoms with E-state index in [0.29, 0.717) is 12.8 Å². The summed E-state index contributed by atoms with van der Waals surface area (Å²) in [6, 6.07) is 0. The summed E-state index contributed by atoms with van der Waals surface area (Å²) < 4.78 is 25.6. The number of rotatable bonds is 14. The molecule has 144 valence electrons. The summed E-state index contributed by atoms with van der Waals surface area (Å²) in [4.78, 5) is 19.9. The third-order valence-electron chi connectivity index (χ3n) is 3.57. The first-order chi connectivity index (χ1) is 11.3. The van der Waals surface area contributed by atoms with Crippen LogP contribution in [0.15, 0.2) is 0 Å². The van der Waals surface area contributed by atoms with Gasteiger partial charge in [-0.3, -0.25) is 0 Å².